The summed E-state index contributed by atoms with van der Waals surface area (Å²) in [4.78, 5) is 4.66. The third kappa shape index (κ3) is 17.8. The van der Waals surface area contributed by atoms with Gasteiger partial charge < -0.3 is 15.0 Å². The largest absolute Gasteiger partial charge is 0.379 e. The number of rotatable bonds is 6. The molecular weight excluding hydrogens is 250 g/mol. The van der Waals surface area contributed by atoms with Crippen LogP contribution in [-0.4, -0.2) is 76.9 Å². The molecule has 1 N–H and O–H groups in total. The van der Waals surface area contributed by atoms with E-state index in [2.05, 4.69) is 43.1 Å². The van der Waals surface area contributed by atoms with Crippen LogP contribution < -0.4 is 5.32 Å². The molecule has 0 radical (unpaired) electrons. The van der Waals surface area contributed by atoms with Crippen molar-refractivity contribution < 1.29 is 4.74 Å². The summed E-state index contributed by atoms with van der Waals surface area (Å²) >= 11 is 0. The summed E-state index contributed by atoms with van der Waals surface area (Å²) in [6.07, 6.45) is 1.25. The van der Waals surface area contributed by atoms with Crippen LogP contribution in [0.5, 0.6) is 0 Å². The lowest BCUT2D eigenvalue weighted by Crippen LogP contribution is -2.37. The molecular formula is C16H39N3O. The van der Waals surface area contributed by atoms with Crippen molar-refractivity contribution in [3.05, 3.63) is 0 Å². The van der Waals surface area contributed by atoms with Gasteiger partial charge in [-0.25, -0.2) is 0 Å². The molecule has 0 aromatic carbocycles. The second-order valence-electron chi connectivity index (χ2n) is 5.57. The third-order valence-electron chi connectivity index (χ3n) is 2.74. The average molecular weight is 290 g/mol. The fourth-order valence-electron chi connectivity index (χ4n) is 2.03. The molecule has 0 unspecified atom stereocenters. The molecule has 0 bridgehead atoms. The minimum atomic E-state index is 0.801. The maximum atomic E-state index is 5.25. The van der Waals surface area contributed by atoms with Gasteiger partial charge in [0.05, 0.1) is 13.2 Å². The summed E-state index contributed by atoms with van der Waals surface area (Å²) < 4.78 is 5.25. The van der Waals surface area contributed by atoms with Crippen molar-refractivity contribution in [3.8, 4) is 0 Å². The lowest BCUT2D eigenvalue weighted by Gasteiger charge is -2.26. The first kappa shape index (κ1) is 22.1. The van der Waals surface area contributed by atoms with E-state index in [4.69, 9.17) is 4.74 Å². The average Bonchev–Trinajstić information content (AvgIpc) is 2.42. The molecule has 1 rings (SSSR count). The molecule has 0 aromatic rings. The highest BCUT2D eigenvalue weighted by molar-refractivity contribution is 4.61. The minimum absolute atomic E-state index is 0.801. The SMILES string of the molecule is CC.CC(C)CN(C)C.CNCCCN1CCOCC1. The second-order valence-corrected chi connectivity index (χ2v) is 5.57. The predicted octanol–water partition coefficient (Wildman–Crippen LogP) is 2.16. The molecule has 1 saturated heterocycles. The Hall–Kier alpha value is -0.160. The van der Waals surface area contributed by atoms with E-state index in [-0.39, 0.29) is 0 Å². The maximum absolute atomic E-state index is 5.25. The van der Waals surface area contributed by atoms with Crippen molar-refractivity contribution in [1.29, 1.82) is 0 Å². The monoisotopic (exact) mass is 289 g/mol. The summed E-state index contributed by atoms with van der Waals surface area (Å²) in [5, 5.41) is 3.15. The van der Waals surface area contributed by atoms with E-state index in [0.717, 1.165) is 38.8 Å². The van der Waals surface area contributed by atoms with Crippen LogP contribution >= 0.6 is 0 Å². The molecule has 4 heteroatoms. The second kappa shape index (κ2) is 16.9. The van der Waals surface area contributed by atoms with Gasteiger partial charge in [0.15, 0.2) is 0 Å². The molecule has 0 saturated carbocycles. The Kier molecular flexibility index (Phi) is 18.7. The van der Waals surface area contributed by atoms with Gasteiger partial charge in [-0.1, -0.05) is 27.7 Å². The highest BCUT2D eigenvalue weighted by atomic mass is 16.5. The molecule has 1 aliphatic heterocycles. The number of nitrogens with one attached hydrogen (secondary N) is 1. The number of ether oxygens (including phenoxy) is 1. The Balaban J connectivity index is 0. The topological polar surface area (TPSA) is 27.7 Å². The van der Waals surface area contributed by atoms with Crippen molar-refractivity contribution in [2.24, 2.45) is 5.92 Å². The maximum Gasteiger partial charge on any atom is 0.0594 e. The quantitative estimate of drug-likeness (QED) is 0.758. The Morgan fingerprint density at radius 3 is 2.05 bits per heavy atom. The molecule has 0 atom stereocenters. The van der Waals surface area contributed by atoms with E-state index in [1.807, 2.05) is 20.9 Å². The van der Waals surface area contributed by atoms with Gasteiger partial charge in [0.25, 0.3) is 0 Å². The van der Waals surface area contributed by atoms with Gasteiger partial charge in [-0.3, -0.25) is 4.90 Å². The Morgan fingerprint density at radius 1 is 1.15 bits per heavy atom. The lowest BCUT2D eigenvalue weighted by atomic mass is 10.2. The molecule has 1 fully saturated rings. The van der Waals surface area contributed by atoms with Gasteiger partial charge in [0.1, 0.15) is 0 Å². The van der Waals surface area contributed by atoms with Gasteiger partial charge >= 0.3 is 0 Å². The zero-order chi connectivity index (χ0) is 15.8. The molecule has 1 aliphatic rings. The zero-order valence-corrected chi connectivity index (χ0v) is 15.0. The van der Waals surface area contributed by atoms with Crippen LogP contribution in [-0.2, 0) is 4.74 Å². The van der Waals surface area contributed by atoms with Crippen LogP contribution in [0, 0.1) is 5.92 Å². The van der Waals surface area contributed by atoms with Crippen LogP contribution in [0.2, 0.25) is 0 Å². The predicted molar refractivity (Wildman–Crippen MR) is 90.5 cm³/mol. The van der Waals surface area contributed by atoms with E-state index in [1.54, 1.807) is 0 Å². The first-order chi connectivity index (χ1) is 9.56. The van der Waals surface area contributed by atoms with Crippen LogP contribution in [0.15, 0.2) is 0 Å². The first-order valence-corrected chi connectivity index (χ1v) is 8.15. The molecule has 124 valence electrons. The summed E-state index contributed by atoms with van der Waals surface area (Å²) in [7, 11) is 6.19. The standard InChI is InChI=1S/C8H18N2O.C6H15N.C2H6/c1-9-3-2-4-10-5-7-11-8-6-10;1-6(2)5-7(3)4;1-2/h9H,2-8H2,1H3;6H,5H2,1-4H3;1-2H3. The van der Waals surface area contributed by atoms with Gasteiger partial charge in [-0.05, 0) is 53.1 Å². The van der Waals surface area contributed by atoms with Gasteiger partial charge in [0, 0.05) is 13.1 Å². The molecule has 20 heavy (non-hydrogen) atoms. The van der Waals surface area contributed by atoms with Crippen LogP contribution in [0.4, 0.5) is 0 Å². The van der Waals surface area contributed by atoms with E-state index >= 15 is 0 Å². The molecule has 0 spiro atoms. The van der Waals surface area contributed by atoms with E-state index < -0.39 is 0 Å². The van der Waals surface area contributed by atoms with Crippen molar-refractivity contribution in [3.63, 3.8) is 0 Å². The van der Waals surface area contributed by atoms with Crippen LogP contribution in [0.3, 0.4) is 0 Å². The molecule has 0 aliphatic carbocycles. The highest BCUT2D eigenvalue weighted by Crippen LogP contribution is 1.96. The molecule has 4 nitrogen and oxygen atoms in total. The number of hydrogen-bond donors (Lipinski definition) is 1. The van der Waals surface area contributed by atoms with Crippen LogP contribution in [0.1, 0.15) is 34.1 Å². The highest BCUT2D eigenvalue weighted by Gasteiger charge is 2.08. The fourth-order valence-corrected chi connectivity index (χ4v) is 2.03. The number of nitrogens with zero attached hydrogens (tertiary/aromatic N) is 2. The molecule has 0 aromatic heterocycles. The lowest BCUT2D eigenvalue weighted by molar-refractivity contribution is 0.0375. The smallest absolute Gasteiger partial charge is 0.0594 e. The Bertz CT molecular complexity index is 163. The van der Waals surface area contributed by atoms with Crippen molar-refractivity contribution in [2.45, 2.75) is 34.1 Å². The summed E-state index contributed by atoms with van der Waals surface area (Å²) in [6.45, 7) is 16.0. The molecule has 1 heterocycles. The van der Waals surface area contributed by atoms with Gasteiger partial charge in [0.2, 0.25) is 0 Å². The van der Waals surface area contributed by atoms with Crippen molar-refractivity contribution >= 4 is 0 Å². The third-order valence-corrected chi connectivity index (χ3v) is 2.74. The summed E-state index contributed by atoms with van der Waals surface area (Å²) in [5.41, 5.74) is 0. The van der Waals surface area contributed by atoms with E-state index in [0.29, 0.717) is 0 Å². The fraction of sp³-hybridized carbons (Fsp3) is 1.00. The van der Waals surface area contributed by atoms with Crippen molar-refractivity contribution in [1.82, 2.24) is 15.1 Å². The van der Waals surface area contributed by atoms with E-state index in [9.17, 15) is 0 Å². The minimum Gasteiger partial charge on any atom is -0.379 e. The van der Waals surface area contributed by atoms with Gasteiger partial charge in [-0.2, -0.15) is 0 Å². The Morgan fingerprint density at radius 2 is 1.70 bits per heavy atom. The summed E-state index contributed by atoms with van der Waals surface area (Å²) in [5.74, 6) is 0.801. The molecule has 0 amide bonds. The zero-order valence-electron chi connectivity index (χ0n) is 15.0. The number of morpholine rings is 1. The first-order valence-electron chi connectivity index (χ1n) is 8.15. The van der Waals surface area contributed by atoms with Gasteiger partial charge in [-0.15, -0.1) is 0 Å². The number of hydrogen-bond acceptors (Lipinski definition) is 4. The van der Waals surface area contributed by atoms with E-state index in [1.165, 1.54) is 19.5 Å². The summed E-state index contributed by atoms with van der Waals surface area (Å²) in [6, 6.07) is 0. The van der Waals surface area contributed by atoms with Crippen LogP contribution in [0.25, 0.3) is 0 Å². The Labute approximate surface area is 127 Å². The van der Waals surface area contributed by atoms with Crippen molar-refractivity contribution in [2.75, 3.05) is 67.1 Å². The normalized spacial score (nSPS) is 15.4.